The first-order valence-electron chi connectivity index (χ1n) is 8.69. The first-order valence-corrected chi connectivity index (χ1v) is 8.69. The summed E-state index contributed by atoms with van der Waals surface area (Å²) in [5.74, 6) is 0. The molecule has 0 unspecified atom stereocenters. The van der Waals surface area contributed by atoms with Crippen LogP contribution in [-0.4, -0.2) is 42.3 Å². The molecule has 4 heteroatoms. The number of benzene rings is 1. The van der Waals surface area contributed by atoms with Crippen LogP contribution in [0.3, 0.4) is 0 Å². The normalized spacial score (nSPS) is 17.1. The molecule has 0 aliphatic carbocycles. The van der Waals surface area contributed by atoms with Gasteiger partial charge < -0.3 is 15.3 Å². The van der Waals surface area contributed by atoms with Gasteiger partial charge in [0.25, 0.3) is 0 Å². The van der Waals surface area contributed by atoms with E-state index in [9.17, 15) is 9.90 Å². The first-order chi connectivity index (χ1) is 11.0. The molecule has 4 nitrogen and oxygen atoms in total. The monoisotopic (exact) mass is 318 g/mol. The van der Waals surface area contributed by atoms with Crippen molar-refractivity contribution in [2.75, 3.05) is 26.2 Å². The number of carbonyl (C=O) groups is 1. The van der Waals surface area contributed by atoms with E-state index >= 15 is 0 Å². The number of piperidine rings is 1. The van der Waals surface area contributed by atoms with Crippen LogP contribution in [0.1, 0.15) is 42.9 Å². The van der Waals surface area contributed by atoms with Crippen LogP contribution in [0.2, 0.25) is 0 Å². The summed E-state index contributed by atoms with van der Waals surface area (Å²) in [6.45, 7) is 8.69. The van der Waals surface area contributed by atoms with Gasteiger partial charge in [0.1, 0.15) is 0 Å². The van der Waals surface area contributed by atoms with Gasteiger partial charge in [-0.15, -0.1) is 0 Å². The van der Waals surface area contributed by atoms with Crippen LogP contribution in [-0.2, 0) is 6.42 Å². The Morgan fingerprint density at radius 2 is 1.83 bits per heavy atom. The van der Waals surface area contributed by atoms with Crippen LogP contribution in [0.15, 0.2) is 18.2 Å². The Morgan fingerprint density at radius 3 is 2.35 bits per heavy atom. The predicted molar refractivity (Wildman–Crippen MR) is 93.6 cm³/mol. The third-order valence-corrected chi connectivity index (χ3v) is 5.17. The Balaban J connectivity index is 1.77. The summed E-state index contributed by atoms with van der Waals surface area (Å²) < 4.78 is 0. The Hall–Kier alpha value is -1.55. The fourth-order valence-corrected chi connectivity index (χ4v) is 3.45. The van der Waals surface area contributed by atoms with Crippen molar-refractivity contribution in [1.29, 1.82) is 0 Å². The fraction of sp³-hybridized carbons (Fsp3) is 0.632. The minimum atomic E-state index is 0.0237. The average Bonchev–Trinajstić information content (AvgIpc) is 2.54. The third kappa shape index (κ3) is 4.71. The molecule has 0 spiro atoms. The van der Waals surface area contributed by atoms with Gasteiger partial charge in [0.05, 0.1) is 0 Å². The molecule has 2 rings (SSSR count). The molecular formula is C19H30N2O2. The summed E-state index contributed by atoms with van der Waals surface area (Å²) in [7, 11) is 0. The number of urea groups is 1. The Morgan fingerprint density at radius 1 is 1.22 bits per heavy atom. The molecule has 0 bridgehead atoms. The van der Waals surface area contributed by atoms with E-state index in [1.165, 1.54) is 16.7 Å². The zero-order valence-electron chi connectivity index (χ0n) is 14.7. The molecule has 1 aliphatic heterocycles. The number of aryl methyl sites for hydroxylation is 2. The van der Waals surface area contributed by atoms with Crippen molar-refractivity contribution >= 4 is 6.03 Å². The summed E-state index contributed by atoms with van der Waals surface area (Å²) in [5, 5.41) is 12.6. The fourth-order valence-electron chi connectivity index (χ4n) is 3.45. The molecule has 1 saturated heterocycles. The predicted octanol–water partition coefficient (Wildman–Crippen LogP) is 3.04. The molecule has 2 N–H and O–H groups in total. The molecule has 1 aromatic rings. The van der Waals surface area contributed by atoms with E-state index in [0.717, 1.165) is 38.8 Å². The number of hydrogen-bond donors (Lipinski definition) is 2. The van der Waals surface area contributed by atoms with Gasteiger partial charge >= 0.3 is 6.03 Å². The van der Waals surface area contributed by atoms with Gasteiger partial charge in [-0.1, -0.05) is 36.2 Å². The zero-order chi connectivity index (χ0) is 16.9. The van der Waals surface area contributed by atoms with E-state index in [0.29, 0.717) is 6.54 Å². The second kappa shape index (κ2) is 7.82. The number of nitrogens with one attached hydrogen (secondary N) is 1. The minimum absolute atomic E-state index is 0.0237. The number of aliphatic hydroxyl groups excluding tert-OH is 1. The highest BCUT2D eigenvalue weighted by atomic mass is 16.3. The number of carbonyl (C=O) groups excluding carboxylic acids is 1. The molecule has 23 heavy (non-hydrogen) atoms. The van der Waals surface area contributed by atoms with Gasteiger partial charge in [0.15, 0.2) is 0 Å². The minimum Gasteiger partial charge on any atom is -0.396 e. The van der Waals surface area contributed by atoms with Gasteiger partial charge in [-0.2, -0.15) is 0 Å². The molecule has 1 aromatic carbocycles. The van der Waals surface area contributed by atoms with Gasteiger partial charge in [-0.3, -0.25) is 0 Å². The first kappa shape index (κ1) is 17.8. The Labute approximate surface area is 139 Å². The lowest BCUT2D eigenvalue weighted by atomic mass is 9.77. The van der Waals surface area contributed by atoms with Crippen molar-refractivity contribution in [1.82, 2.24) is 10.2 Å². The molecular weight excluding hydrogens is 288 g/mol. The van der Waals surface area contributed by atoms with Crippen molar-refractivity contribution in [3.63, 3.8) is 0 Å². The van der Waals surface area contributed by atoms with Crippen LogP contribution < -0.4 is 5.32 Å². The quantitative estimate of drug-likeness (QED) is 0.877. The highest BCUT2D eigenvalue weighted by Gasteiger charge is 2.33. The van der Waals surface area contributed by atoms with E-state index < -0.39 is 0 Å². The van der Waals surface area contributed by atoms with Crippen molar-refractivity contribution < 1.29 is 9.90 Å². The van der Waals surface area contributed by atoms with Crippen LogP contribution in [0.25, 0.3) is 0 Å². The molecule has 0 saturated carbocycles. The largest absolute Gasteiger partial charge is 0.396 e. The lowest BCUT2D eigenvalue weighted by Gasteiger charge is -2.40. The highest BCUT2D eigenvalue weighted by Crippen LogP contribution is 2.34. The lowest BCUT2D eigenvalue weighted by Crippen LogP contribution is -2.48. The lowest BCUT2D eigenvalue weighted by molar-refractivity contribution is 0.0520. The van der Waals surface area contributed by atoms with Gasteiger partial charge in [0.2, 0.25) is 0 Å². The molecule has 128 valence electrons. The molecule has 1 heterocycles. The second-order valence-electron chi connectivity index (χ2n) is 6.98. The number of nitrogens with zero attached hydrogens (tertiary/aromatic N) is 1. The Bertz CT molecular complexity index is 508. The van der Waals surface area contributed by atoms with E-state index in [1.54, 1.807) is 0 Å². The summed E-state index contributed by atoms with van der Waals surface area (Å²) >= 11 is 0. The van der Waals surface area contributed by atoms with Crippen LogP contribution >= 0.6 is 0 Å². The zero-order valence-corrected chi connectivity index (χ0v) is 14.7. The number of likely N-dealkylation sites (tertiary alicyclic amines) is 1. The maximum absolute atomic E-state index is 12.3. The van der Waals surface area contributed by atoms with E-state index in [-0.39, 0.29) is 18.1 Å². The maximum Gasteiger partial charge on any atom is 0.317 e. The molecule has 0 aromatic heterocycles. The van der Waals surface area contributed by atoms with Gasteiger partial charge in [-0.25, -0.2) is 4.79 Å². The topological polar surface area (TPSA) is 52.6 Å². The molecule has 1 fully saturated rings. The van der Waals surface area contributed by atoms with Crippen LogP contribution in [0.4, 0.5) is 4.79 Å². The molecule has 0 radical (unpaired) electrons. The smallest absolute Gasteiger partial charge is 0.317 e. The number of rotatable bonds is 5. The van der Waals surface area contributed by atoms with E-state index in [4.69, 9.17) is 0 Å². The summed E-state index contributed by atoms with van der Waals surface area (Å²) in [6, 6.07) is 6.54. The summed E-state index contributed by atoms with van der Waals surface area (Å²) in [4.78, 5) is 14.1. The Kier molecular flexibility index (Phi) is 6.05. The number of hydrogen-bond acceptors (Lipinski definition) is 2. The molecule has 0 atom stereocenters. The average molecular weight is 318 g/mol. The van der Waals surface area contributed by atoms with Crippen LogP contribution in [0.5, 0.6) is 0 Å². The van der Waals surface area contributed by atoms with Crippen molar-refractivity contribution in [2.45, 2.75) is 46.5 Å². The SMILES string of the molecule is CCC1(CO)CCN(C(=O)NCCc2cc(C)cc(C)c2)CC1. The molecule has 1 aliphatic rings. The van der Waals surface area contributed by atoms with E-state index in [1.807, 2.05) is 4.90 Å². The van der Waals surface area contributed by atoms with Gasteiger partial charge in [0, 0.05) is 26.2 Å². The highest BCUT2D eigenvalue weighted by molar-refractivity contribution is 5.74. The number of amides is 2. The summed E-state index contributed by atoms with van der Waals surface area (Å²) in [5.41, 5.74) is 3.83. The van der Waals surface area contributed by atoms with Crippen molar-refractivity contribution in [3.8, 4) is 0 Å². The van der Waals surface area contributed by atoms with Crippen LogP contribution in [0, 0.1) is 19.3 Å². The maximum atomic E-state index is 12.3. The van der Waals surface area contributed by atoms with E-state index in [2.05, 4.69) is 44.3 Å². The van der Waals surface area contributed by atoms with Crippen molar-refractivity contribution in [3.05, 3.63) is 34.9 Å². The molecule has 2 amide bonds. The standard InChI is InChI=1S/C19H30N2O2/c1-4-19(14-22)6-9-21(10-7-19)18(23)20-8-5-17-12-15(2)11-16(3)13-17/h11-13,22H,4-10,14H2,1-3H3,(H,20,23). The summed E-state index contributed by atoms with van der Waals surface area (Å²) in [6.07, 6.45) is 3.62. The third-order valence-electron chi connectivity index (χ3n) is 5.17. The van der Waals surface area contributed by atoms with Gasteiger partial charge in [-0.05, 0) is 50.5 Å². The second-order valence-corrected chi connectivity index (χ2v) is 6.98. The number of aliphatic hydroxyl groups is 1. The van der Waals surface area contributed by atoms with Crippen molar-refractivity contribution in [2.24, 2.45) is 5.41 Å².